The molecule has 0 unspecified atom stereocenters. The number of halogens is 8. The van der Waals surface area contributed by atoms with Crippen LogP contribution < -0.4 is 42.5 Å². The lowest BCUT2D eigenvalue weighted by Gasteiger charge is -2.29. The molecule has 15 rings (SSSR count). The zero-order valence-corrected chi connectivity index (χ0v) is 78.5. The molecule has 8 amide bonds. The van der Waals surface area contributed by atoms with Crippen LogP contribution in [-0.4, -0.2) is 131 Å². The Hall–Kier alpha value is -13.2. The van der Waals surface area contributed by atoms with Crippen LogP contribution in [0.3, 0.4) is 0 Å². The molecule has 3 heterocycles. The molecule has 12 aromatic rings. The minimum Gasteiger partial charge on any atom is -0.358 e. The molecular formula is C101H91Cl8N15O8. The van der Waals surface area contributed by atoms with E-state index in [2.05, 4.69) is 57.3 Å². The van der Waals surface area contributed by atoms with Gasteiger partial charge in [-0.15, -0.1) is 0 Å². The van der Waals surface area contributed by atoms with Crippen molar-refractivity contribution in [1.82, 2.24) is 14.7 Å². The summed E-state index contributed by atoms with van der Waals surface area (Å²) in [5, 5.41) is 50.9. The predicted octanol–water partition coefficient (Wildman–Crippen LogP) is 24.5. The van der Waals surface area contributed by atoms with Crippen LogP contribution >= 0.6 is 92.8 Å². The minimum atomic E-state index is -0.409. The standard InChI is InChI=1S/C27H26Cl2N4O2.C26H24Cl2N4O2.C25H22Cl2N4O2.C23H19Cl2N3O2/c1-17-15-21(29)16-23(27(35)31-22-11-9-20(28)10-12-22)24(17)32-26(34)19-7-5-18(6-8-19)25(30)33-13-3-2-4-14-33;1-16-14-20(28)15-22(26(34)30-21-10-8-19(27)9-11-21)23(16)31-25(33)18-6-4-17(5-7-18)24(29)32-12-2-3-13-32;1-15-13-19(27)14-21(25(33)29-20-9-7-18(26)8-10-20)22(15)30-24(32)17-5-3-16(4-6-17)23-28-11-12-31(23)2;1-13-11-18(25)12-20(23(30)27-19-9-7-17(24)8-10-19)21(13)28-22(29)16-5-3-15(4-6-16)14(2)26/h5-12,15-16,30H,2-4,13-14H2,1H3,(H,31,35)(H,32,34);4-11,14-15,29H,2-3,12-13H2,1H3,(H,30,34)(H,31,33);3-10,13-14H,11-12H2,1-2H3,(H,29,33)(H,30,32);3-12,26H,1-2H3,(H,27,30)(H,28,29). The average molecular weight is 1930 g/mol. The van der Waals surface area contributed by atoms with Crippen LogP contribution in [0.15, 0.2) is 248 Å². The zero-order chi connectivity index (χ0) is 94.6. The van der Waals surface area contributed by atoms with Crippen LogP contribution in [0.5, 0.6) is 0 Å². The Balaban J connectivity index is 0.000000159. The molecule has 31 heteroatoms. The molecule has 0 saturated carbocycles. The lowest BCUT2D eigenvalue weighted by Crippen LogP contribution is -2.35. The number of amides is 8. The van der Waals surface area contributed by atoms with Crippen LogP contribution in [0.25, 0.3) is 0 Å². The van der Waals surface area contributed by atoms with E-state index in [0.29, 0.717) is 148 Å². The highest BCUT2D eigenvalue weighted by Crippen LogP contribution is 2.34. The fourth-order valence-electron chi connectivity index (χ4n) is 14.5. The van der Waals surface area contributed by atoms with E-state index in [1.54, 1.807) is 241 Å². The molecule has 3 aliphatic heterocycles. The van der Waals surface area contributed by atoms with Crippen molar-refractivity contribution in [2.75, 3.05) is 88.9 Å². The van der Waals surface area contributed by atoms with Crippen LogP contribution in [0, 0.1) is 43.9 Å². The highest BCUT2D eigenvalue weighted by molar-refractivity contribution is 6.35. The first-order valence-electron chi connectivity index (χ1n) is 41.8. The number of likely N-dealkylation sites (tertiary alicyclic amines) is 2. The molecule has 0 aliphatic carbocycles. The summed E-state index contributed by atoms with van der Waals surface area (Å²) in [4.78, 5) is 114. The number of aliphatic imine (C=N–C) groups is 1. The largest absolute Gasteiger partial charge is 0.358 e. The smallest absolute Gasteiger partial charge is 0.257 e. The second-order valence-corrected chi connectivity index (χ2v) is 34.7. The molecule has 0 aromatic heterocycles. The van der Waals surface area contributed by atoms with Gasteiger partial charge in [-0.2, -0.15) is 0 Å². The number of hydrogen-bond donors (Lipinski definition) is 11. The summed E-state index contributed by atoms with van der Waals surface area (Å²) in [6.45, 7) is 14.0. The van der Waals surface area contributed by atoms with E-state index in [0.717, 1.165) is 93.0 Å². The van der Waals surface area contributed by atoms with Crippen LogP contribution in [0.4, 0.5) is 45.5 Å². The minimum absolute atomic E-state index is 0.246. The first-order chi connectivity index (χ1) is 63.2. The van der Waals surface area contributed by atoms with Crippen molar-refractivity contribution in [3.63, 3.8) is 0 Å². The van der Waals surface area contributed by atoms with E-state index in [1.807, 2.05) is 24.1 Å². The van der Waals surface area contributed by atoms with E-state index in [4.69, 9.17) is 109 Å². The molecule has 2 fully saturated rings. The van der Waals surface area contributed by atoms with Gasteiger partial charge >= 0.3 is 0 Å². The normalized spacial score (nSPS) is 12.5. The molecule has 11 N–H and O–H groups in total. The molecular weight excluding hydrogens is 1830 g/mol. The number of carbonyl (C=O) groups is 8. The Labute approximate surface area is 804 Å². The summed E-state index contributed by atoms with van der Waals surface area (Å²) in [6, 6.07) is 67.6. The molecule has 2 saturated heterocycles. The number of anilines is 8. The number of carbonyl (C=O) groups excluding carboxylic acids is 8. The lowest BCUT2D eigenvalue weighted by molar-refractivity contribution is 0.101. The van der Waals surface area contributed by atoms with Gasteiger partial charge in [0.15, 0.2) is 0 Å². The number of hydrogen-bond acceptors (Lipinski definition) is 13. The van der Waals surface area contributed by atoms with Gasteiger partial charge in [-0.3, -0.25) is 54.2 Å². The summed E-state index contributed by atoms with van der Waals surface area (Å²) in [5.74, 6) is -1.15. The van der Waals surface area contributed by atoms with Gasteiger partial charge in [-0.1, -0.05) is 141 Å². The highest BCUT2D eigenvalue weighted by atomic mass is 35.5. The van der Waals surface area contributed by atoms with E-state index in [1.165, 1.54) is 30.7 Å². The maximum Gasteiger partial charge on any atom is 0.257 e. The Morgan fingerprint density at radius 3 is 0.758 bits per heavy atom. The van der Waals surface area contributed by atoms with Gasteiger partial charge < -0.3 is 62.6 Å². The quantitative estimate of drug-likeness (QED) is 0.0252. The Morgan fingerprint density at radius 2 is 0.515 bits per heavy atom. The van der Waals surface area contributed by atoms with Gasteiger partial charge in [0.25, 0.3) is 47.3 Å². The van der Waals surface area contributed by atoms with Crippen molar-refractivity contribution in [3.05, 3.63) is 372 Å². The number of aryl methyl sites for hydroxylation is 4. The summed E-state index contributed by atoms with van der Waals surface area (Å²) < 4.78 is 0. The number of nitrogens with one attached hydrogen (secondary N) is 11. The Bertz CT molecular complexity index is 6400. The molecule has 132 heavy (non-hydrogen) atoms. The van der Waals surface area contributed by atoms with E-state index in [9.17, 15) is 38.4 Å². The summed E-state index contributed by atoms with van der Waals surface area (Å²) in [6.07, 6.45) is 5.58. The summed E-state index contributed by atoms with van der Waals surface area (Å²) in [5.41, 5.74) is 12.9. The number of nitrogens with zero attached hydrogens (tertiary/aromatic N) is 4. The number of likely N-dealkylation sites (N-methyl/N-ethyl adjacent to an activating group) is 1. The molecule has 0 bridgehead atoms. The molecule has 12 aromatic carbocycles. The van der Waals surface area contributed by atoms with Crippen LogP contribution in [-0.2, 0) is 0 Å². The van der Waals surface area contributed by atoms with E-state index < -0.39 is 23.6 Å². The van der Waals surface area contributed by atoms with Crippen molar-refractivity contribution in [2.24, 2.45) is 4.99 Å². The number of piperidine rings is 1. The van der Waals surface area contributed by atoms with Gasteiger partial charge in [0.1, 0.15) is 17.5 Å². The molecule has 0 radical (unpaired) electrons. The van der Waals surface area contributed by atoms with E-state index >= 15 is 0 Å². The van der Waals surface area contributed by atoms with Gasteiger partial charge in [0.05, 0.1) is 51.5 Å². The van der Waals surface area contributed by atoms with Crippen molar-refractivity contribution >= 4 is 209 Å². The van der Waals surface area contributed by atoms with Crippen molar-refractivity contribution in [3.8, 4) is 0 Å². The van der Waals surface area contributed by atoms with Gasteiger partial charge in [0.2, 0.25) is 0 Å². The molecule has 23 nitrogen and oxygen atoms in total. The SMILES string of the molecule is CC(=N)c1ccc(C(=O)Nc2c(C)cc(Cl)cc2C(=O)Nc2ccc(Cl)cc2)cc1.Cc1cc(Cl)cc(C(=O)Nc2ccc(Cl)cc2)c1NC(=O)c1ccc(C(=N)N2CCCC2)cc1.Cc1cc(Cl)cc(C(=O)Nc2ccc(Cl)cc2)c1NC(=O)c1ccc(C(=N)N2CCCCC2)cc1.Cc1cc(Cl)cc(C(=O)Nc2ccc(Cl)cc2)c1NC(=O)c1ccc(C2=NCCN2C)cc1. The fourth-order valence-corrected chi connectivity index (χ4v) is 16.1. The van der Waals surface area contributed by atoms with Crippen molar-refractivity contribution < 1.29 is 38.4 Å². The second-order valence-electron chi connectivity index (χ2n) is 31.2. The van der Waals surface area contributed by atoms with Crippen molar-refractivity contribution in [2.45, 2.75) is 66.7 Å². The predicted molar refractivity (Wildman–Crippen MR) is 536 cm³/mol. The van der Waals surface area contributed by atoms with Crippen LogP contribution in [0.1, 0.15) is 166 Å². The van der Waals surface area contributed by atoms with Gasteiger partial charge in [-0.25, -0.2) is 0 Å². The molecule has 3 aliphatic rings. The fraction of sp³-hybridized carbons (Fsp3) is 0.168. The maximum atomic E-state index is 13.1. The number of benzene rings is 12. The first-order valence-corrected chi connectivity index (χ1v) is 44.8. The number of amidine groups is 3. The highest BCUT2D eigenvalue weighted by Gasteiger charge is 2.27. The second kappa shape index (κ2) is 45.6. The molecule has 674 valence electrons. The third-order valence-corrected chi connectivity index (χ3v) is 23.4. The monoisotopic (exact) mass is 1920 g/mol. The third-order valence-electron chi connectivity index (χ3n) is 21.5. The summed E-state index contributed by atoms with van der Waals surface area (Å²) >= 11 is 48.4. The van der Waals surface area contributed by atoms with Crippen molar-refractivity contribution in [1.29, 1.82) is 16.2 Å². The zero-order valence-electron chi connectivity index (χ0n) is 72.5. The summed E-state index contributed by atoms with van der Waals surface area (Å²) in [7, 11) is 1.99. The lowest BCUT2D eigenvalue weighted by atomic mass is 10.0. The topological polar surface area (TPSA) is 326 Å². The molecule has 0 atom stereocenters. The van der Waals surface area contributed by atoms with Gasteiger partial charge in [0, 0.05) is 147 Å². The third kappa shape index (κ3) is 26.4. The Morgan fingerprint density at radius 1 is 0.280 bits per heavy atom. The Kier molecular flexibility index (Phi) is 33.8. The average Bonchev–Trinajstić information content (AvgIpc) is 1.25. The van der Waals surface area contributed by atoms with E-state index in [-0.39, 0.29) is 45.9 Å². The molecule has 0 spiro atoms. The number of rotatable bonds is 20. The van der Waals surface area contributed by atoms with Crippen LogP contribution in [0.2, 0.25) is 40.2 Å². The van der Waals surface area contributed by atoms with Gasteiger partial charge in [-0.05, 0) is 289 Å². The maximum absolute atomic E-state index is 13.1. The first kappa shape index (κ1) is 97.8.